The van der Waals surface area contributed by atoms with Gasteiger partial charge in [-0.1, -0.05) is 23.4 Å². The molecule has 2 rings (SSSR count). The molecule has 7 heteroatoms. The first-order valence-electron chi connectivity index (χ1n) is 5.45. The van der Waals surface area contributed by atoms with Crippen LogP contribution in [0.4, 0.5) is 17.3 Å². The highest BCUT2D eigenvalue weighted by molar-refractivity contribution is 9.10. The first-order chi connectivity index (χ1) is 9.12. The van der Waals surface area contributed by atoms with Gasteiger partial charge in [-0.25, -0.2) is 9.97 Å². The maximum atomic E-state index is 5.99. The van der Waals surface area contributed by atoms with E-state index in [1.54, 1.807) is 0 Å². The van der Waals surface area contributed by atoms with Gasteiger partial charge in [-0.3, -0.25) is 0 Å². The molecule has 0 aliphatic rings. The highest BCUT2D eigenvalue weighted by Crippen LogP contribution is 2.29. The third-order valence-corrected chi connectivity index (χ3v) is 3.81. The van der Waals surface area contributed by atoms with Crippen molar-refractivity contribution < 1.29 is 0 Å². The lowest BCUT2D eigenvalue weighted by Crippen LogP contribution is -2.01. The predicted molar refractivity (Wildman–Crippen MR) is 85.8 cm³/mol. The molecule has 0 aliphatic heterocycles. The fraction of sp³-hybridized carbons (Fsp3) is 0.167. The largest absolute Gasteiger partial charge is 0.373 e. The second kappa shape index (κ2) is 6.45. The lowest BCUT2D eigenvalue weighted by molar-refractivity contribution is 0.977. The van der Waals surface area contributed by atoms with Crippen LogP contribution >= 0.6 is 39.3 Å². The van der Waals surface area contributed by atoms with Gasteiger partial charge in [-0.2, -0.15) is 0 Å². The summed E-state index contributed by atoms with van der Waals surface area (Å²) >= 11 is 11.0. The Bertz CT molecular complexity index is 572. The molecule has 19 heavy (non-hydrogen) atoms. The van der Waals surface area contributed by atoms with Crippen LogP contribution in [0.1, 0.15) is 0 Å². The van der Waals surface area contributed by atoms with Crippen LogP contribution < -0.4 is 10.6 Å². The average Bonchev–Trinajstić information content (AvgIpc) is 2.42. The smallest absolute Gasteiger partial charge is 0.191 e. The van der Waals surface area contributed by atoms with Gasteiger partial charge in [0, 0.05) is 22.6 Å². The first kappa shape index (κ1) is 14.4. The van der Waals surface area contributed by atoms with Crippen LogP contribution in [0.2, 0.25) is 5.02 Å². The summed E-state index contributed by atoms with van der Waals surface area (Å²) in [6.07, 6.45) is 1.94. The minimum absolute atomic E-state index is 0.665. The quantitative estimate of drug-likeness (QED) is 0.626. The molecule has 0 unspecified atom stereocenters. The molecule has 1 aromatic heterocycles. The van der Waals surface area contributed by atoms with Crippen molar-refractivity contribution in [2.45, 2.75) is 5.16 Å². The Balaban J connectivity index is 2.34. The van der Waals surface area contributed by atoms with E-state index in [0.717, 1.165) is 16.0 Å². The van der Waals surface area contributed by atoms with Crippen molar-refractivity contribution in [1.29, 1.82) is 0 Å². The fourth-order valence-corrected chi connectivity index (χ4v) is 2.34. The molecule has 2 N–H and O–H groups in total. The van der Waals surface area contributed by atoms with Gasteiger partial charge >= 0.3 is 0 Å². The van der Waals surface area contributed by atoms with Gasteiger partial charge in [-0.15, -0.1) is 0 Å². The standard InChI is InChI=1S/C12H12BrClN4S/c1-15-10-6-11(18-12(17-10)19-2)16-9-5-7(14)3-4-8(9)13/h3-6H,1-2H3,(H2,15,16,17,18). The molecule has 0 fully saturated rings. The maximum Gasteiger partial charge on any atom is 0.191 e. The topological polar surface area (TPSA) is 49.8 Å². The molecule has 1 heterocycles. The van der Waals surface area contributed by atoms with E-state index < -0.39 is 0 Å². The van der Waals surface area contributed by atoms with E-state index in [-0.39, 0.29) is 0 Å². The first-order valence-corrected chi connectivity index (χ1v) is 7.85. The monoisotopic (exact) mass is 358 g/mol. The minimum atomic E-state index is 0.665. The van der Waals surface area contributed by atoms with Crippen LogP contribution in [-0.2, 0) is 0 Å². The minimum Gasteiger partial charge on any atom is -0.373 e. The van der Waals surface area contributed by atoms with E-state index in [2.05, 4.69) is 36.5 Å². The van der Waals surface area contributed by atoms with Crippen molar-refractivity contribution in [3.05, 3.63) is 33.8 Å². The maximum absolute atomic E-state index is 5.99. The Morgan fingerprint density at radius 2 is 1.95 bits per heavy atom. The average molecular weight is 360 g/mol. The van der Waals surface area contributed by atoms with E-state index in [1.165, 1.54) is 11.8 Å². The van der Waals surface area contributed by atoms with E-state index >= 15 is 0 Å². The number of nitrogens with zero attached hydrogens (tertiary/aromatic N) is 2. The summed E-state index contributed by atoms with van der Waals surface area (Å²) in [6, 6.07) is 7.39. The molecule has 4 nitrogen and oxygen atoms in total. The molecule has 0 atom stereocenters. The van der Waals surface area contributed by atoms with Crippen molar-refractivity contribution in [2.75, 3.05) is 23.9 Å². The zero-order valence-electron chi connectivity index (χ0n) is 10.4. The van der Waals surface area contributed by atoms with E-state index in [9.17, 15) is 0 Å². The van der Waals surface area contributed by atoms with Crippen LogP contribution in [-0.4, -0.2) is 23.3 Å². The zero-order chi connectivity index (χ0) is 13.8. The molecule has 0 spiro atoms. The second-order valence-corrected chi connectivity index (χ2v) is 5.69. The van der Waals surface area contributed by atoms with Gasteiger partial charge in [0.1, 0.15) is 11.6 Å². The van der Waals surface area contributed by atoms with Crippen LogP contribution in [0.5, 0.6) is 0 Å². The summed E-state index contributed by atoms with van der Waals surface area (Å²) in [6.45, 7) is 0. The Morgan fingerprint density at radius 1 is 1.21 bits per heavy atom. The van der Waals surface area contributed by atoms with E-state index in [4.69, 9.17) is 11.6 Å². The number of hydrogen-bond acceptors (Lipinski definition) is 5. The van der Waals surface area contributed by atoms with Crippen LogP contribution in [0.25, 0.3) is 0 Å². The Morgan fingerprint density at radius 3 is 2.63 bits per heavy atom. The van der Waals surface area contributed by atoms with Crippen molar-refractivity contribution in [3.8, 4) is 0 Å². The number of anilines is 3. The third kappa shape index (κ3) is 3.75. The number of halogens is 2. The van der Waals surface area contributed by atoms with Crippen LogP contribution in [0.15, 0.2) is 33.9 Å². The Hall–Kier alpha value is -0.980. The second-order valence-electron chi connectivity index (χ2n) is 3.62. The summed E-state index contributed by atoms with van der Waals surface area (Å²) in [5, 5.41) is 7.61. The van der Waals surface area contributed by atoms with Crippen LogP contribution in [0.3, 0.4) is 0 Å². The normalized spacial score (nSPS) is 10.3. The highest BCUT2D eigenvalue weighted by Gasteiger charge is 2.06. The van der Waals surface area contributed by atoms with Gasteiger partial charge in [0.2, 0.25) is 0 Å². The molecule has 2 aromatic rings. The van der Waals surface area contributed by atoms with E-state index in [1.807, 2.05) is 37.6 Å². The molecule has 0 aliphatic carbocycles. The fourth-order valence-electron chi connectivity index (χ4n) is 1.44. The molecular weight excluding hydrogens is 348 g/mol. The van der Waals surface area contributed by atoms with Gasteiger partial charge in [-0.05, 0) is 40.4 Å². The number of rotatable bonds is 4. The number of thioether (sulfide) groups is 1. The van der Waals surface area contributed by atoms with Crippen molar-refractivity contribution in [2.24, 2.45) is 0 Å². The van der Waals surface area contributed by atoms with Crippen molar-refractivity contribution >= 4 is 56.6 Å². The molecule has 1 aromatic carbocycles. The summed E-state index contributed by atoms with van der Waals surface area (Å²) < 4.78 is 0.923. The predicted octanol–water partition coefficient (Wildman–Crippen LogP) is 4.40. The van der Waals surface area contributed by atoms with Crippen molar-refractivity contribution in [3.63, 3.8) is 0 Å². The summed E-state index contributed by atoms with van der Waals surface area (Å²) in [5.74, 6) is 1.48. The van der Waals surface area contributed by atoms with Crippen LogP contribution in [0, 0.1) is 0 Å². The SMILES string of the molecule is CNc1cc(Nc2cc(Cl)ccc2Br)nc(SC)n1. The highest BCUT2D eigenvalue weighted by atomic mass is 79.9. The Labute approximate surface area is 129 Å². The molecular formula is C12H12BrClN4S. The Kier molecular flexibility index (Phi) is 4.90. The van der Waals surface area contributed by atoms with Crippen molar-refractivity contribution in [1.82, 2.24) is 9.97 Å². The number of benzene rings is 1. The molecule has 100 valence electrons. The third-order valence-electron chi connectivity index (χ3n) is 2.34. The van der Waals surface area contributed by atoms with Gasteiger partial charge < -0.3 is 10.6 Å². The van der Waals surface area contributed by atoms with Gasteiger partial charge in [0.15, 0.2) is 5.16 Å². The number of aromatic nitrogens is 2. The number of hydrogen-bond donors (Lipinski definition) is 2. The summed E-state index contributed by atoms with van der Waals surface area (Å²) in [7, 11) is 1.82. The lowest BCUT2D eigenvalue weighted by Gasteiger charge is -2.10. The molecule has 0 bridgehead atoms. The summed E-state index contributed by atoms with van der Waals surface area (Å²) in [4.78, 5) is 8.72. The van der Waals surface area contributed by atoms with Gasteiger partial charge in [0.05, 0.1) is 5.69 Å². The van der Waals surface area contributed by atoms with Gasteiger partial charge in [0.25, 0.3) is 0 Å². The number of nitrogens with one attached hydrogen (secondary N) is 2. The molecule has 0 saturated carbocycles. The summed E-state index contributed by atoms with van der Waals surface area (Å²) in [5.41, 5.74) is 0.861. The molecule has 0 amide bonds. The zero-order valence-corrected chi connectivity index (χ0v) is 13.5. The molecule has 0 radical (unpaired) electrons. The van der Waals surface area contributed by atoms with E-state index in [0.29, 0.717) is 16.0 Å². The lowest BCUT2D eigenvalue weighted by atomic mass is 10.3. The molecule has 0 saturated heterocycles.